The van der Waals surface area contributed by atoms with Gasteiger partial charge in [-0.3, -0.25) is 0 Å². The molecule has 0 aromatic rings. The molecule has 0 spiro atoms. The summed E-state index contributed by atoms with van der Waals surface area (Å²) in [6.07, 6.45) is 13.7. The summed E-state index contributed by atoms with van der Waals surface area (Å²) < 4.78 is 0. The van der Waals surface area contributed by atoms with Crippen molar-refractivity contribution in [2.24, 2.45) is 0 Å². The Kier molecular flexibility index (Phi) is 12.2. The molecular formula is C14H26. The van der Waals surface area contributed by atoms with Gasteiger partial charge in [-0.15, -0.1) is 11.8 Å². The predicted molar refractivity (Wildman–Crippen MR) is 65.3 cm³/mol. The van der Waals surface area contributed by atoms with Crippen LogP contribution in [0.5, 0.6) is 0 Å². The largest absolute Gasteiger partial charge is 0.107 e. The van der Waals surface area contributed by atoms with Gasteiger partial charge in [-0.05, 0) is 13.3 Å². The maximum atomic E-state index is 3.12. The van der Waals surface area contributed by atoms with E-state index in [1.807, 2.05) is 6.92 Å². The van der Waals surface area contributed by atoms with Crippen molar-refractivity contribution in [2.45, 2.75) is 78.1 Å². The van der Waals surface area contributed by atoms with Crippen LogP contribution in [0.4, 0.5) is 0 Å². The van der Waals surface area contributed by atoms with Gasteiger partial charge in [0.1, 0.15) is 0 Å². The smallest absolute Gasteiger partial charge is 0.00885 e. The summed E-state index contributed by atoms with van der Waals surface area (Å²) in [5, 5.41) is 0. The molecule has 0 unspecified atom stereocenters. The summed E-state index contributed by atoms with van der Waals surface area (Å²) in [4.78, 5) is 0. The summed E-state index contributed by atoms with van der Waals surface area (Å²) in [6, 6.07) is 0. The first kappa shape index (κ1) is 13.6. The van der Waals surface area contributed by atoms with Crippen LogP contribution in [-0.2, 0) is 0 Å². The third-order valence-electron chi connectivity index (χ3n) is 2.58. The lowest BCUT2D eigenvalue weighted by Crippen LogP contribution is -1.80. The minimum absolute atomic E-state index is 1.10. The van der Waals surface area contributed by atoms with E-state index in [0.29, 0.717) is 0 Å². The van der Waals surface area contributed by atoms with Crippen molar-refractivity contribution < 1.29 is 0 Å². The second-order valence-corrected chi connectivity index (χ2v) is 4.01. The molecule has 0 N–H and O–H groups in total. The molecule has 0 fully saturated rings. The summed E-state index contributed by atoms with van der Waals surface area (Å²) >= 11 is 0. The monoisotopic (exact) mass is 194 g/mol. The van der Waals surface area contributed by atoms with Crippen LogP contribution in [0.2, 0.25) is 0 Å². The van der Waals surface area contributed by atoms with Crippen molar-refractivity contribution >= 4 is 0 Å². The molecule has 82 valence electrons. The molecule has 0 bridgehead atoms. The SMILES string of the molecule is CC#CCCCCCCCCCCC. The van der Waals surface area contributed by atoms with Gasteiger partial charge >= 0.3 is 0 Å². The normalized spacial score (nSPS) is 9.57. The van der Waals surface area contributed by atoms with E-state index in [4.69, 9.17) is 0 Å². The Morgan fingerprint density at radius 2 is 1.21 bits per heavy atom. The van der Waals surface area contributed by atoms with Crippen LogP contribution in [0, 0.1) is 11.8 Å². The zero-order chi connectivity index (χ0) is 10.5. The van der Waals surface area contributed by atoms with Crippen LogP contribution in [-0.4, -0.2) is 0 Å². The number of unbranched alkanes of at least 4 members (excludes halogenated alkanes) is 9. The highest BCUT2D eigenvalue weighted by Crippen LogP contribution is 2.09. The maximum absolute atomic E-state index is 3.12. The van der Waals surface area contributed by atoms with Gasteiger partial charge in [-0.2, -0.15) is 0 Å². The molecule has 14 heavy (non-hydrogen) atoms. The van der Waals surface area contributed by atoms with Gasteiger partial charge in [-0.25, -0.2) is 0 Å². The van der Waals surface area contributed by atoms with Crippen LogP contribution in [0.1, 0.15) is 78.1 Å². The average Bonchev–Trinajstić information content (AvgIpc) is 2.21. The molecule has 0 aromatic carbocycles. The second kappa shape index (κ2) is 12.6. The molecule has 0 saturated heterocycles. The van der Waals surface area contributed by atoms with Gasteiger partial charge in [0.15, 0.2) is 0 Å². The van der Waals surface area contributed by atoms with Gasteiger partial charge in [0, 0.05) is 6.42 Å². The lowest BCUT2D eigenvalue weighted by Gasteiger charge is -1.99. The van der Waals surface area contributed by atoms with E-state index in [-0.39, 0.29) is 0 Å². The maximum Gasteiger partial charge on any atom is 0.00885 e. The molecule has 0 nitrogen and oxygen atoms in total. The average molecular weight is 194 g/mol. The topological polar surface area (TPSA) is 0 Å². The third-order valence-corrected chi connectivity index (χ3v) is 2.58. The molecule has 0 rings (SSSR count). The van der Waals surface area contributed by atoms with Crippen molar-refractivity contribution in [3.8, 4) is 11.8 Å². The highest BCUT2D eigenvalue weighted by atomic mass is 14.0. The van der Waals surface area contributed by atoms with E-state index in [1.165, 1.54) is 57.8 Å². The molecule has 0 aliphatic rings. The highest BCUT2D eigenvalue weighted by molar-refractivity contribution is 4.94. The van der Waals surface area contributed by atoms with Crippen LogP contribution in [0.3, 0.4) is 0 Å². The van der Waals surface area contributed by atoms with Gasteiger partial charge in [0.2, 0.25) is 0 Å². The van der Waals surface area contributed by atoms with Gasteiger partial charge in [-0.1, -0.05) is 58.3 Å². The molecule has 0 saturated carbocycles. The molecule has 0 aliphatic carbocycles. The first-order valence-corrected chi connectivity index (χ1v) is 6.31. The van der Waals surface area contributed by atoms with E-state index in [2.05, 4.69) is 18.8 Å². The van der Waals surface area contributed by atoms with Gasteiger partial charge in [0.25, 0.3) is 0 Å². The molecule has 0 aliphatic heterocycles. The third kappa shape index (κ3) is 11.6. The summed E-state index contributed by atoms with van der Waals surface area (Å²) in [5.41, 5.74) is 0. The van der Waals surface area contributed by atoms with E-state index < -0.39 is 0 Å². The molecular weight excluding hydrogens is 168 g/mol. The zero-order valence-electron chi connectivity index (χ0n) is 10.1. The summed E-state index contributed by atoms with van der Waals surface area (Å²) in [7, 11) is 0. The number of hydrogen-bond acceptors (Lipinski definition) is 0. The zero-order valence-corrected chi connectivity index (χ0v) is 10.1. The Morgan fingerprint density at radius 3 is 1.71 bits per heavy atom. The fraction of sp³-hybridized carbons (Fsp3) is 0.857. The van der Waals surface area contributed by atoms with Crippen LogP contribution in [0.15, 0.2) is 0 Å². The van der Waals surface area contributed by atoms with Crippen LogP contribution in [0.25, 0.3) is 0 Å². The van der Waals surface area contributed by atoms with E-state index in [0.717, 1.165) is 6.42 Å². The van der Waals surface area contributed by atoms with E-state index in [9.17, 15) is 0 Å². The molecule has 0 amide bonds. The Labute approximate surface area is 90.5 Å². The molecule has 0 aromatic heterocycles. The first-order chi connectivity index (χ1) is 6.91. The van der Waals surface area contributed by atoms with Crippen molar-refractivity contribution in [3.63, 3.8) is 0 Å². The standard InChI is InChI=1S/C14H26/c1-3-5-7-9-11-13-14-12-10-8-6-4-2/h3,5,7-14H2,1-2H3. The molecule has 0 atom stereocenters. The first-order valence-electron chi connectivity index (χ1n) is 6.31. The second-order valence-electron chi connectivity index (χ2n) is 4.01. The molecule has 0 heterocycles. The van der Waals surface area contributed by atoms with Crippen molar-refractivity contribution in [2.75, 3.05) is 0 Å². The Morgan fingerprint density at radius 1 is 0.714 bits per heavy atom. The molecule has 0 heteroatoms. The van der Waals surface area contributed by atoms with Gasteiger partial charge < -0.3 is 0 Å². The van der Waals surface area contributed by atoms with E-state index >= 15 is 0 Å². The van der Waals surface area contributed by atoms with E-state index in [1.54, 1.807) is 0 Å². The van der Waals surface area contributed by atoms with Gasteiger partial charge in [0.05, 0.1) is 0 Å². The lowest BCUT2D eigenvalue weighted by molar-refractivity contribution is 0.567. The van der Waals surface area contributed by atoms with Crippen molar-refractivity contribution in [3.05, 3.63) is 0 Å². The molecule has 0 radical (unpaired) electrons. The van der Waals surface area contributed by atoms with Crippen LogP contribution >= 0.6 is 0 Å². The van der Waals surface area contributed by atoms with Crippen molar-refractivity contribution in [1.29, 1.82) is 0 Å². The fourth-order valence-corrected chi connectivity index (χ4v) is 1.65. The highest BCUT2D eigenvalue weighted by Gasteiger charge is 1.90. The summed E-state index contributed by atoms with van der Waals surface area (Å²) in [5.74, 6) is 6.06. The number of hydrogen-bond donors (Lipinski definition) is 0. The Bertz CT molecular complexity index is 147. The minimum Gasteiger partial charge on any atom is -0.107 e. The minimum atomic E-state index is 1.10. The lowest BCUT2D eigenvalue weighted by atomic mass is 10.1. The van der Waals surface area contributed by atoms with Crippen molar-refractivity contribution in [1.82, 2.24) is 0 Å². The van der Waals surface area contributed by atoms with Crippen LogP contribution < -0.4 is 0 Å². The fourth-order valence-electron chi connectivity index (χ4n) is 1.65. The Hall–Kier alpha value is -0.440. The quantitative estimate of drug-likeness (QED) is 0.360. The number of rotatable bonds is 9. The Balaban J connectivity index is 2.87. The summed E-state index contributed by atoms with van der Waals surface area (Å²) in [6.45, 7) is 4.20. The predicted octanol–water partition coefficient (Wildman–Crippen LogP) is 4.93.